The summed E-state index contributed by atoms with van der Waals surface area (Å²) in [4.78, 5) is 19.5. The Hall–Kier alpha value is -1.81. The van der Waals surface area contributed by atoms with Gasteiger partial charge in [0.25, 0.3) is 0 Å². The number of fused-ring (bicyclic) bond motifs is 5. The second-order valence-corrected chi connectivity index (χ2v) is 9.70. The minimum Gasteiger partial charge on any atom is -0.460 e. The monoisotopic (exact) mass is 382 g/mol. The highest BCUT2D eigenvalue weighted by molar-refractivity contribution is 5.85. The SMILES string of the molecule is CCC1(C(C)C(=O)OC(C)(C)C)CCCN2CCc3c([nH]c4ccccc34)C21. The summed E-state index contributed by atoms with van der Waals surface area (Å²) in [5, 5.41) is 1.35. The van der Waals surface area contributed by atoms with Crippen molar-refractivity contribution in [1.29, 1.82) is 0 Å². The molecule has 152 valence electrons. The highest BCUT2D eigenvalue weighted by Gasteiger charge is 2.53. The number of benzene rings is 1. The number of piperidine rings is 1. The van der Waals surface area contributed by atoms with Crippen LogP contribution in [0.4, 0.5) is 0 Å². The lowest BCUT2D eigenvalue weighted by molar-refractivity contribution is -0.169. The number of carbonyl (C=O) groups is 1. The molecule has 1 N–H and O–H groups in total. The zero-order valence-corrected chi connectivity index (χ0v) is 18.0. The van der Waals surface area contributed by atoms with E-state index in [2.05, 4.69) is 48.0 Å². The van der Waals surface area contributed by atoms with Crippen molar-refractivity contribution < 1.29 is 9.53 Å². The maximum Gasteiger partial charge on any atom is 0.309 e. The van der Waals surface area contributed by atoms with Crippen LogP contribution >= 0.6 is 0 Å². The van der Waals surface area contributed by atoms with E-state index in [4.69, 9.17) is 4.74 Å². The number of aromatic amines is 1. The Bertz CT molecular complexity index is 878. The molecule has 2 aliphatic heterocycles. The minimum absolute atomic E-state index is 0.0561. The van der Waals surface area contributed by atoms with Gasteiger partial charge in [-0.25, -0.2) is 0 Å². The van der Waals surface area contributed by atoms with Crippen molar-refractivity contribution in [1.82, 2.24) is 9.88 Å². The highest BCUT2D eigenvalue weighted by atomic mass is 16.6. The Labute approximate surface area is 168 Å². The van der Waals surface area contributed by atoms with Gasteiger partial charge in [-0.15, -0.1) is 0 Å². The van der Waals surface area contributed by atoms with Crippen LogP contribution in [0.5, 0.6) is 0 Å². The van der Waals surface area contributed by atoms with Crippen LogP contribution < -0.4 is 0 Å². The van der Waals surface area contributed by atoms with E-state index < -0.39 is 5.60 Å². The lowest BCUT2D eigenvalue weighted by atomic mass is 9.61. The fourth-order valence-corrected chi connectivity index (χ4v) is 5.69. The van der Waals surface area contributed by atoms with Crippen LogP contribution in [0.3, 0.4) is 0 Å². The molecule has 1 saturated heterocycles. The summed E-state index contributed by atoms with van der Waals surface area (Å²) in [7, 11) is 0. The van der Waals surface area contributed by atoms with E-state index in [9.17, 15) is 4.79 Å². The first kappa shape index (κ1) is 19.5. The number of aromatic nitrogens is 1. The molecule has 1 fully saturated rings. The molecule has 3 atom stereocenters. The second kappa shape index (κ2) is 6.91. The summed E-state index contributed by atoms with van der Waals surface area (Å²) >= 11 is 0. The number of carbonyl (C=O) groups excluding carboxylic acids is 1. The maximum absolute atomic E-state index is 13.1. The van der Waals surface area contributed by atoms with Crippen LogP contribution in [0.25, 0.3) is 10.9 Å². The Morgan fingerprint density at radius 2 is 2.07 bits per heavy atom. The number of H-pyrrole nitrogens is 1. The lowest BCUT2D eigenvalue weighted by Crippen LogP contribution is -2.53. The number of nitrogens with one attached hydrogen (secondary N) is 1. The first-order valence-corrected chi connectivity index (χ1v) is 10.8. The van der Waals surface area contributed by atoms with Gasteiger partial charge >= 0.3 is 5.97 Å². The molecule has 0 radical (unpaired) electrons. The third kappa shape index (κ3) is 3.06. The van der Waals surface area contributed by atoms with Crippen LogP contribution in [0, 0.1) is 11.3 Å². The first-order chi connectivity index (χ1) is 13.3. The first-order valence-electron chi connectivity index (χ1n) is 10.8. The quantitative estimate of drug-likeness (QED) is 0.739. The molecule has 0 bridgehead atoms. The standard InChI is InChI=1S/C24H34N2O2/c1-6-24(16(2)22(27)28-23(3,4)5)13-9-14-26-15-12-18-17-10-7-8-11-19(17)25-20(18)21(24)26/h7-8,10-11,16,21,25H,6,9,12-15H2,1-5H3. The van der Waals surface area contributed by atoms with Crippen LogP contribution in [-0.4, -0.2) is 34.5 Å². The van der Waals surface area contributed by atoms with Gasteiger partial charge in [0.15, 0.2) is 0 Å². The third-order valence-corrected chi connectivity index (χ3v) is 7.05. The summed E-state index contributed by atoms with van der Waals surface area (Å²) < 4.78 is 5.84. The van der Waals surface area contributed by atoms with Gasteiger partial charge in [-0.2, -0.15) is 0 Å². The Balaban J connectivity index is 1.80. The highest BCUT2D eigenvalue weighted by Crippen LogP contribution is 2.55. The van der Waals surface area contributed by atoms with Crippen molar-refractivity contribution in [3.8, 4) is 0 Å². The van der Waals surface area contributed by atoms with Crippen LogP contribution in [0.1, 0.15) is 71.2 Å². The van der Waals surface area contributed by atoms with Gasteiger partial charge in [0.2, 0.25) is 0 Å². The second-order valence-electron chi connectivity index (χ2n) is 9.70. The van der Waals surface area contributed by atoms with Crippen molar-refractivity contribution in [3.05, 3.63) is 35.5 Å². The molecule has 3 unspecified atom stereocenters. The summed E-state index contributed by atoms with van der Waals surface area (Å²) in [6.45, 7) is 12.4. The topological polar surface area (TPSA) is 45.3 Å². The Morgan fingerprint density at radius 3 is 2.79 bits per heavy atom. The molecule has 2 aliphatic rings. The van der Waals surface area contributed by atoms with Gasteiger partial charge in [0.1, 0.15) is 5.60 Å². The van der Waals surface area contributed by atoms with Crippen molar-refractivity contribution in [2.24, 2.45) is 11.3 Å². The minimum atomic E-state index is -0.451. The number of para-hydroxylation sites is 1. The number of rotatable bonds is 3. The average Bonchev–Trinajstić information content (AvgIpc) is 3.04. The summed E-state index contributed by atoms with van der Waals surface area (Å²) in [6, 6.07) is 8.88. The zero-order chi connectivity index (χ0) is 20.1. The average molecular weight is 383 g/mol. The molecular weight excluding hydrogens is 348 g/mol. The molecule has 4 rings (SSSR count). The molecule has 2 aromatic rings. The van der Waals surface area contributed by atoms with E-state index in [1.807, 2.05) is 20.8 Å². The molecule has 3 heterocycles. The van der Waals surface area contributed by atoms with Crippen LogP contribution in [0.15, 0.2) is 24.3 Å². The largest absolute Gasteiger partial charge is 0.460 e. The molecule has 1 aromatic heterocycles. The summed E-state index contributed by atoms with van der Waals surface area (Å²) in [6.07, 6.45) is 4.27. The number of hydrogen-bond acceptors (Lipinski definition) is 3. The molecule has 28 heavy (non-hydrogen) atoms. The normalized spacial score (nSPS) is 26.5. The van der Waals surface area contributed by atoms with Crippen molar-refractivity contribution in [3.63, 3.8) is 0 Å². The number of esters is 1. The fourth-order valence-electron chi connectivity index (χ4n) is 5.69. The van der Waals surface area contributed by atoms with Gasteiger partial charge < -0.3 is 9.72 Å². The molecule has 4 heteroatoms. The summed E-state index contributed by atoms with van der Waals surface area (Å²) in [5.74, 6) is -0.193. The molecule has 0 saturated carbocycles. The molecule has 0 aliphatic carbocycles. The van der Waals surface area contributed by atoms with E-state index in [0.29, 0.717) is 0 Å². The molecule has 0 amide bonds. The van der Waals surface area contributed by atoms with Gasteiger partial charge in [-0.1, -0.05) is 32.0 Å². The van der Waals surface area contributed by atoms with Gasteiger partial charge in [0, 0.05) is 28.6 Å². The van der Waals surface area contributed by atoms with E-state index >= 15 is 0 Å². The molecule has 4 nitrogen and oxygen atoms in total. The van der Waals surface area contributed by atoms with Crippen LogP contribution in [0.2, 0.25) is 0 Å². The predicted molar refractivity (Wildman–Crippen MR) is 113 cm³/mol. The molecular formula is C24H34N2O2. The number of hydrogen-bond donors (Lipinski definition) is 1. The molecule has 0 spiro atoms. The van der Waals surface area contributed by atoms with E-state index in [1.54, 1.807) is 0 Å². The maximum atomic E-state index is 13.1. The predicted octanol–water partition coefficient (Wildman–Crippen LogP) is 5.24. The van der Waals surface area contributed by atoms with Crippen molar-refractivity contribution in [2.45, 2.75) is 71.9 Å². The Morgan fingerprint density at radius 1 is 1.32 bits per heavy atom. The van der Waals surface area contributed by atoms with Crippen LogP contribution in [-0.2, 0) is 16.0 Å². The fraction of sp³-hybridized carbons (Fsp3) is 0.625. The van der Waals surface area contributed by atoms with Crippen molar-refractivity contribution in [2.75, 3.05) is 13.1 Å². The number of ether oxygens (including phenoxy) is 1. The zero-order valence-electron chi connectivity index (χ0n) is 18.0. The Kier molecular flexibility index (Phi) is 4.81. The van der Waals surface area contributed by atoms with E-state index in [1.165, 1.54) is 22.2 Å². The van der Waals surface area contributed by atoms with Gasteiger partial charge in [0.05, 0.1) is 12.0 Å². The van der Waals surface area contributed by atoms with E-state index in [0.717, 1.165) is 38.8 Å². The van der Waals surface area contributed by atoms with Gasteiger partial charge in [-0.3, -0.25) is 9.69 Å². The lowest BCUT2D eigenvalue weighted by Gasteiger charge is -2.54. The van der Waals surface area contributed by atoms with Gasteiger partial charge in [-0.05, 0) is 64.6 Å². The summed E-state index contributed by atoms with van der Waals surface area (Å²) in [5.41, 5.74) is 3.46. The third-order valence-electron chi connectivity index (χ3n) is 7.05. The molecule has 1 aromatic carbocycles. The van der Waals surface area contributed by atoms with E-state index in [-0.39, 0.29) is 23.3 Å². The smallest absolute Gasteiger partial charge is 0.309 e. The number of nitrogens with zero attached hydrogens (tertiary/aromatic N) is 1. The van der Waals surface area contributed by atoms with Crippen molar-refractivity contribution >= 4 is 16.9 Å².